The van der Waals surface area contributed by atoms with Gasteiger partial charge in [0.1, 0.15) is 0 Å². The lowest BCUT2D eigenvalue weighted by Crippen LogP contribution is -2.41. The van der Waals surface area contributed by atoms with Gasteiger partial charge in [-0.15, -0.1) is 0 Å². The standard InChI is InChI=1S/C21H33N7/c1-2-20-17-25-11-14-28(15-12-26-18-21(3-1)27-20)13-10-23-8-9-24-16-19-4-6-22-7-5-19/h1-7,23-26H,8-18H2. The number of fused-ring (bicyclic) bond motifs is 2. The van der Waals surface area contributed by atoms with E-state index in [1.165, 1.54) is 5.56 Å². The van der Waals surface area contributed by atoms with Crippen molar-refractivity contribution < 1.29 is 0 Å². The van der Waals surface area contributed by atoms with Gasteiger partial charge in [-0.25, -0.2) is 0 Å². The molecule has 3 rings (SSSR count). The number of hydrogen-bond acceptors (Lipinski definition) is 7. The summed E-state index contributed by atoms with van der Waals surface area (Å²) in [4.78, 5) is 11.2. The predicted octanol–water partition coefficient (Wildman–Crippen LogP) is 0.351. The van der Waals surface area contributed by atoms with E-state index in [0.717, 1.165) is 83.4 Å². The Morgan fingerprint density at radius 3 is 2.25 bits per heavy atom. The van der Waals surface area contributed by atoms with Crippen molar-refractivity contribution in [1.29, 1.82) is 0 Å². The first-order valence-corrected chi connectivity index (χ1v) is 10.3. The van der Waals surface area contributed by atoms with Crippen molar-refractivity contribution in [3.8, 4) is 0 Å². The lowest BCUT2D eigenvalue weighted by molar-refractivity contribution is 0.270. The van der Waals surface area contributed by atoms with Crippen molar-refractivity contribution in [3.63, 3.8) is 0 Å². The van der Waals surface area contributed by atoms with E-state index in [1.54, 1.807) is 0 Å². The van der Waals surface area contributed by atoms with E-state index in [4.69, 9.17) is 0 Å². The zero-order chi connectivity index (χ0) is 19.3. The summed E-state index contributed by atoms with van der Waals surface area (Å²) >= 11 is 0. The first-order chi connectivity index (χ1) is 13.9. The minimum absolute atomic E-state index is 0.836. The molecule has 0 radical (unpaired) electrons. The Morgan fingerprint density at radius 1 is 0.857 bits per heavy atom. The smallest absolute Gasteiger partial charge is 0.0545 e. The Hall–Kier alpha value is -1.90. The van der Waals surface area contributed by atoms with E-state index < -0.39 is 0 Å². The fourth-order valence-corrected chi connectivity index (χ4v) is 3.24. The monoisotopic (exact) mass is 383 g/mol. The largest absolute Gasteiger partial charge is 0.314 e. The first-order valence-electron chi connectivity index (χ1n) is 10.3. The maximum absolute atomic E-state index is 4.67. The van der Waals surface area contributed by atoms with E-state index in [1.807, 2.05) is 24.5 Å². The van der Waals surface area contributed by atoms with Crippen LogP contribution in [0.3, 0.4) is 0 Å². The Kier molecular flexibility index (Phi) is 9.32. The molecule has 7 heteroatoms. The van der Waals surface area contributed by atoms with Gasteiger partial charge in [0.15, 0.2) is 0 Å². The van der Waals surface area contributed by atoms with Gasteiger partial charge in [-0.1, -0.05) is 6.07 Å². The molecule has 0 atom stereocenters. The van der Waals surface area contributed by atoms with Crippen molar-refractivity contribution in [1.82, 2.24) is 36.1 Å². The third kappa shape index (κ3) is 8.00. The minimum atomic E-state index is 0.836. The molecule has 0 aromatic carbocycles. The fourth-order valence-electron chi connectivity index (χ4n) is 3.24. The number of pyridine rings is 2. The molecule has 0 aliphatic carbocycles. The highest BCUT2D eigenvalue weighted by Gasteiger charge is 2.06. The maximum Gasteiger partial charge on any atom is 0.0545 e. The van der Waals surface area contributed by atoms with Crippen molar-refractivity contribution >= 4 is 0 Å². The van der Waals surface area contributed by atoms with Gasteiger partial charge in [-0.05, 0) is 29.8 Å². The van der Waals surface area contributed by atoms with Gasteiger partial charge in [0.2, 0.25) is 0 Å². The third-order valence-electron chi connectivity index (χ3n) is 4.85. The molecule has 2 aromatic rings. The summed E-state index contributed by atoms with van der Waals surface area (Å²) in [5.41, 5.74) is 3.51. The molecule has 28 heavy (non-hydrogen) atoms. The topological polar surface area (TPSA) is 77.1 Å². The molecule has 0 amide bonds. The minimum Gasteiger partial charge on any atom is -0.314 e. The molecule has 3 heterocycles. The summed E-state index contributed by atoms with van der Waals surface area (Å²) in [5.74, 6) is 0. The molecule has 152 valence electrons. The summed E-state index contributed by atoms with van der Waals surface area (Å²) in [7, 11) is 0. The molecule has 0 saturated carbocycles. The summed E-state index contributed by atoms with van der Waals surface area (Å²) in [6.45, 7) is 10.7. The Balaban J connectivity index is 1.28. The van der Waals surface area contributed by atoms with Gasteiger partial charge < -0.3 is 21.3 Å². The Labute approximate surface area is 168 Å². The lowest BCUT2D eigenvalue weighted by Gasteiger charge is -2.23. The van der Waals surface area contributed by atoms with Gasteiger partial charge in [0.05, 0.1) is 11.4 Å². The van der Waals surface area contributed by atoms with Crippen LogP contribution in [0.5, 0.6) is 0 Å². The third-order valence-corrected chi connectivity index (χ3v) is 4.85. The van der Waals surface area contributed by atoms with Crippen LogP contribution in [0.25, 0.3) is 0 Å². The molecule has 0 unspecified atom stereocenters. The molecule has 2 aromatic heterocycles. The number of aromatic nitrogens is 2. The van der Waals surface area contributed by atoms with Crippen LogP contribution in [0, 0.1) is 0 Å². The predicted molar refractivity (Wildman–Crippen MR) is 113 cm³/mol. The molecule has 7 nitrogen and oxygen atoms in total. The summed E-state index contributed by atoms with van der Waals surface area (Å²) in [6.07, 6.45) is 3.67. The molecule has 1 aliphatic rings. The van der Waals surface area contributed by atoms with Crippen LogP contribution in [0.1, 0.15) is 17.0 Å². The van der Waals surface area contributed by atoms with Crippen LogP contribution in [-0.4, -0.2) is 67.2 Å². The average molecular weight is 384 g/mol. The van der Waals surface area contributed by atoms with E-state index in [-0.39, 0.29) is 0 Å². The van der Waals surface area contributed by atoms with Crippen molar-refractivity contribution in [3.05, 3.63) is 59.7 Å². The van der Waals surface area contributed by atoms with Gasteiger partial charge >= 0.3 is 0 Å². The van der Waals surface area contributed by atoms with Crippen LogP contribution in [0.4, 0.5) is 0 Å². The molecular weight excluding hydrogens is 350 g/mol. The molecule has 2 bridgehead atoms. The molecular formula is C21H33N7. The second-order valence-corrected chi connectivity index (χ2v) is 7.10. The van der Waals surface area contributed by atoms with Crippen molar-refractivity contribution in [2.75, 3.05) is 52.4 Å². The van der Waals surface area contributed by atoms with Gasteiger partial charge in [-0.3, -0.25) is 14.9 Å². The van der Waals surface area contributed by atoms with Crippen LogP contribution >= 0.6 is 0 Å². The quantitative estimate of drug-likeness (QED) is 0.490. The van der Waals surface area contributed by atoms with Crippen LogP contribution in [-0.2, 0) is 19.6 Å². The number of nitrogens with one attached hydrogen (secondary N) is 4. The normalized spacial score (nSPS) is 16.3. The Morgan fingerprint density at radius 2 is 1.54 bits per heavy atom. The second kappa shape index (κ2) is 12.5. The Bertz CT molecular complexity index is 638. The number of rotatable bonds is 8. The highest BCUT2D eigenvalue weighted by molar-refractivity contribution is 5.11. The molecule has 4 N–H and O–H groups in total. The second-order valence-electron chi connectivity index (χ2n) is 7.10. The van der Waals surface area contributed by atoms with Gasteiger partial charge in [0, 0.05) is 84.4 Å². The van der Waals surface area contributed by atoms with E-state index in [9.17, 15) is 0 Å². The highest BCUT2D eigenvalue weighted by Crippen LogP contribution is 2.00. The summed E-state index contributed by atoms with van der Waals surface area (Å²) in [6, 6.07) is 10.4. The maximum atomic E-state index is 4.67. The average Bonchev–Trinajstić information content (AvgIpc) is 2.73. The molecule has 0 fully saturated rings. The highest BCUT2D eigenvalue weighted by atomic mass is 15.2. The van der Waals surface area contributed by atoms with Crippen LogP contribution in [0.15, 0.2) is 42.7 Å². The van der Waals surface area contributed by atoms with E-state index in [0.29, 0.717) is 0 Å². The van der Waals surface area contributed by atoms with Gasteiger partial charge in [-0.2, -0.15) is 0 Å². The van der Waals surface area contributed by atoms with Crippen LogP contribution < -0.4 is 21.3 Å². The number of nitrogens with zero attached hydrogens (tertiary/aromatic N) is 3. The van der Waals surface area contributed by atoms with Gasteiger partial charge in [0.25, 0.3) is 0 Å². The number of hydrogen-bond donors (Lipinski definition) is 4. The van der Waals surface area contributed by atoms with Crippen LogP contribution in [0.2, 0.25) is 0 Å². The van der Waals surface area contributed by atoms with Crippen molar-refractivity contribution in [2.24, 2.45) is 0 Å². The molecule has 0 spiro atoms. The molecule has 1 aliphatic heterocycles. The SMILES string of the molecule is c1cc2nc(c1)CNCCN(CCNCCNCc1ccncc1)CCNC2. The zero-order valence-electron chi connectivity index (χ0n) is 16.7. The first kappa shape index (κ1) is 20.8. The van der Waals surface area contributed by atoms with Crippen molar-refractivity contribution in [2.45, 2.75) is 19.6 Å². The summed E-state index contributed by atoms with van der Waals surface area (Å²) < 4.78 is 0. The lowest BCUT2D eigenvalue weighted by atomic mass is 10.3. The fraction of sp³-hybridized carbons (Fsp3) is 0.524. The molecule has 0 saturated heterocycles. The van der Waals surface area contributed by atoms with E-state index >= 15 is 0 Å². The zero-order valence-corrected chi connectivity index (χ0v) is 16.7. The van der Waals surface area contributed by atoms with E-state index in [2.05, 4.69) is 54.3 Å². The summed E-state index contributed by atoms with van der Waals surface area (Å²) in [5, 5.41) is 14.0.